The zero-order valence-electron chi connectivity index (χ0n) is 13.4. The first-order valence-electron chi connectivity index (χ1n) is 7.06. The Morgan fingerprint density at radius 1 is 1.38 bits per heavy atom. The van der Waals surface area contributed by atoms with Gasteiger partial charge in [-0.1, -0.05) is 13.8 Å². The van der Waals surface area contributed by atoms with Crippen molar-refractivity contribution < 1.29 is 9.53 Å². The highest BCUT2D eigenvalue weighted by Gasteiger charge is 2.16. The third kappa shape index (κ3) is 5.45. The highest BCUT2D eigenvalue weighted by molar-refractivity contribution is 5.82. The number of carbonyl (C=O) groups excluding carboxylic acids is 1. The van der Waals surface area contributed by atoms with Gasteiger partial charge in [0.05, 0.1) is 12.6 Å². The molecule has 1 amide bonds. The van der Waals surface area contributed by atoms with E-state index in [0.717, 1.165) is 0 Å². The van der Waals surface area contributed by atoms with E-state index in [9.17, 15) is 4.79 Å². The monoisotopic (exact) mass is 295 g/mol. The van der Waals surface area contributed by atoms with E-state index in [1.165, 1.54) is 6.33 Å². The largest absolute Gasteiger partial charge is 0.473 e. The van der Waals surface area contributed by atoms with Crippen LogP contribution in [0, 0.1) is 5.92 Å². The second-order valence-electron chi connectivity index (χ2n) is 5.64. The number of nitrogens with two attached hydrogens (primary N) is 1. The summed E-state index contributed by atoms with van der Waals surface area (Å²) in [5.41, 5.74) is 6.35. The fourth-order valence-electron chi connectivity index (χ4n) is 1.66. The van der Waals surface area contributed by atoms with Crippen LogP contribution in [0.3, 0.4) is 0 Å². The molecule has 0 aliphatic heterocycles. The normalized spacial score (nSPS) is 10.8. The van der Waals surface area contributed by atoms with E-state index >= 15 is 0 Å². The molecule has 0 unspecified atom stereocenters. The Morgan fingerprint density at radius 3 is 2.62 bits per heavy atom. The number of hydrogen-bond acceptors (Lipinski definition) is 6. The van der Waals surface area contributed by atoms with Gasteiger partial charge in [0.15, 0.2) is 5.82 Å². The van der Waals surface area contributed by atoms with Gasteiger partial charge in [-0.15, -0.1) is 0 Å². The summed E-state index contributed by atoms with van der Waals surface area (Å²) in [6.07, 6.45) is 1.35. The molecule has 0 bridgehead atoms. The molecule has 1 aromatic rings. The molecular weight excluding hydrogens is 270 g/mol. The Kier molecular flexibility index (Phi) is 6.20. The molecule has 0 fully saturated rings. The lowest BCUT2D eigenvalue weighted by atomic mass is 10.2. The van der Waals surface area contributed by atoms with Crippen molar-refractivity contribution in [3.8, 4) is 5.88 Å². The topological polar surface area (TPSA) is 93.4 Å². The summed E-state index contributed by atoms with van der Waals surface area (Å²) in [7, 11) is 1.76. The van der Waals surface area contributed by atoms with E-state index in [-0.39, 0.29) is 18.6 Å². The second kappa shape index (κ2) is 7.66. The molecule has 0 aliphatic carbocycles. The lowest BCUT2D eigenvalue weighted by Crippen LogP contribution is -2.37. The van der Waals surface area contributed by atoms with Crippen LogP contribution in [0.15, 0.2) is 6.33 Å². The third-order valence-electron chi connectivity index (χ3n) is 2.62. The summed E-state index contributed by atoms with van der Waals surface area (Å²) >= 11 is 0. The molecule has 3 N–H and O–H groups in total. The van der Waals surface area contributed by atoms with E-state index in [4.69, 9.17) is 10.5 Å². The number of ether oxygens (including phenoxy) is 1. The maximum absolute atomic E-state index is 11.8. The molecule has 0 radical (unpaired) electrons. The van der Waals surface area contributed by atoms with Crippen LogP contribution >= 0.6 is 0 Å². The summed E-state index contributed by atoms with van der Waals surface area (Å²) in [4.78, 5) is 21.7. The van der Waals surface area contributed by atoms with E-state index in [2.05, 4.69) is 15.3 Å². The van der Waals surface area contributed by atoms with Gasteiger partial charge in [-0.3, -0.25) is 4.79 Å². The van der Waals surface area contributed by atoms with Crippen LogP contribution < -0.4 is 20.7 Å². The molecular formula is C14H25N5O2. The number of aromatic nitrogens is 2. The average Bonchev–Trinajstić information content (AvgIpc) is 2.38. The first kappa shape index (κ1) is 17.0. The molecule has 7 nitrogen and oxygen atoms in total. The number of nitrogens with one attached hydrogen (secondary N) is 1. The lowest BCUT2D eigenvalue weighted by molar-refractivity contribution is -0.119. The molecule has 0 spiro atoms. The second-order valence-corrected chi connectivity index (χ2v) is 5.64. The van der Waals surface area contributed by atoms with Gasteiger partial charge in [-0.2, -0.15) is 4.98 Å². The van der Waals surface area contributed by atoms with Crippen LogP contribution in [0.4, 0.5) is 11.5 Å². The van der Waals surface area contributed by atoms with Crippen LogP contribution in [-0.4, -0.2) is 42.1 Å². The Bertz CT molecular complexity index is 476. The number of anilines is 2. The van der Waals surface area contributed by atoms with Crippen LogP contribution in [0.1, 0.15) is 27.7 Å². The van der Waals surface area contributed by atoms with Crippen molar-refractivity contribution in [3.05, 3.63) is 6.33 Å². The van der Waals surface area contributed by atoms with Gasteiger partial charge in [0, 0.05) is 13.6 Å². The zero-order chi connectivity index (χ0) is 16.0. The molecule has 1 aromatic heterocycles. The number of likely N-dealkylation sites (N-methyl/N-ethyl adjacent to an activating group) is 1. The van der Waals surface area contributed by atoms with Gasteiger partial charge >= 0.3 is 0 Å². The third-order valence-corrected chi connectivity index (χ3v) is 2.62. The Morgan fingerprint density at radius 2 is 2.05 bits per heavy atom. The van der Waals surface area contributed by atoms with Gasteiger partial charge in [0.25, 0.3) is 0 Å². The molecule has 0 aromatic carbocycles. The smallest absolute Gasteiger partial charge is 0.242 e. The number of rotatable bonds is 7. The molecule has 118 valence electrons. The molecule has 0 saturated carbocycles. The van der Waals surface area contributed by atoms with Crippen LogP contribution in [0.2, 0.25) is 0 Å². The van der Waals surface area contributed by atoms with Crippen molar-refractivity contribution in [1.29, 1.82) is 0 Å². The minimum atomic E-state index is -0.0736. The summed E-state index contributed by atoms with van der Waals surface area (Å²) in [6, 6.07) is 0. The highest BCUT2D eigenvalue weighted by Crippen LogP contribution is 2.27. The summed E-state index contributed by atoms with van der Waals surface area (Å²) in [5.74, 6) is 1.16. The molecule has 0 saturated heterocycles. The quantitative estimate of drug-likeness (QED) is 0.781. The Balaban J connectivity index is 2.73. The maximum Gasteiger partial charge on any atom is 0.242 e. The van der Waals surface area contributed by atoms with Gasteiger partial charge < -0.3 is 20.7 Å². The number of amides is 1. The fourth-order valence-corrected chi connectivity index (χ4v) is 1.66. The lowest BCUT2D eigenvalue weighted by Gasteiger charge is -2.21. The molecule has 1 heterocycles. The molecule has 21 heavy (non-hydrogen) atoms. The van der Waals surface area contributed by atoms with Crippen LogP contribution in [0.5, 0.6) is 5.88 Å². The van der Waals surface area contributed by atoms with Crippen molar-refractivity contribution in [1.82, 2.24) is 15.3 Å². The highest BCUT2D eigenvalue weighted by atomic mass is 16.5. The van der Waals surface area contributed by atoms with Crippen molar-refractivity contribution in [2.75, 3.05) is 30.8 Å². The van der Waals surface area contributed by atoms with Crippen molar-refractivity contribution in [3.63, 3.8) is 0 Å². The summed E-state index contributed by atoms with van der Waals surface area (Å²) in [6.45, 7) is 8.70. The predicted molar refractivity (Wildman–Crippen MR) is 83.3 cm³/mol. The minimum Gasteiger partial charge on any atom is -0.473 e. The fraction of sp³-hybridized carbons (Fsp3) is 0.643. The van der Waals surface area contributed by atoms with E-state index in [0.29, 0.717) is 29.8 Å². The van der Waals surface area contributed by atoms with E-state index in [1.54, 1.807) is 11.9 Å². The summed E-state index contributed by atoms with van der Waals surface area (Å²) in [5, 5.41) is 2.85. The van der Waals surface area contributed by atoms with E-state index in [1.807, 2.05) is 27.7 Å². The molecule has 0 atom stereocenters. The summed E-state index contributed by atoms with van der Waals surface area (Å²) < 4.78 is 5.52. The van der Waals surface area contributed by atoms with Crippen molar-refractivity contribution in [2.24, 2.45) is 5.92 Å². The standard InChI is InChI=1S/C14H25N5O2/c1-9(2)6-16-11(20)7-19(5)13-12(15)14(18-8-17-13)21-10(3)4/h8-10H,6-7,15H2,1-5H3,(H,16,20). The van der Waals surface area contributed by atoms with Crippen molar-refractivity contribution in [2.45, 2.75) is 33.8 Å². The number of nitrogens with zero attached hydrogens (tertiary/aromatic N) is 3. The van der Waals surface area contributed by atoms with Gasteiger partial charge in [-0.05, 0) is 19.8 Å². The number of nitrogen functional groups attached to an aromatic ring is 1. The predicted octanol–water partition coefficient (Wildman–Crippen LogP) is 1.05. The SMILES string of the molecule is CC(C)CNC(=O)CN(C)c1ncnc(OC(C)C)c1N. The Labute approximate surface area is 125 Å². The zero-order valence-corrected chi connectivity index (χ0v) is 13.4. The van der Waals surface area contributed by atoms with Crippen LogP contribution in [0.25, 0.3) is 0 Å². The molecule has 0 aliphatic rings. The first-order chi connectivity index (χ1) is 9.81. The van der Waals surface area contributed by atoms with Gasteiger partial charge in [0.1, 0.15) is 12.0 Å². The maximum atomic E-state index is 11.8. The molecule has 1 rings (SSSR count). The first-order valence-corrected chi connectivity index (χ1v) is 7.06. The Hall–Kier alpha value is -2.05. The molecule has 7 heteroatoms. The number of carbonyl (C=O) groups is 1. The van der Waals surface area contributed by atoms with Gasteiger partial charge in [-0.25, -0.2) is 4.98 Å². The average molecular weight is 295 g/mol. The van der Waals surface area contributed by atoms with Crippen molar-refractivity contribution >= 4 is 17.4 Å². The van der Waals surface area contributed by atoms with Crippen LogP contribution in [-0.2, 0) is 4.79 Å². The number of hydrogen-bond donors (Lipinski definition) is 2. The van der Waals surface area contributed by atoms with Gasteiger partial charge in [0.2, 0.25) is 11.8 Å². The minimum absolute atomic E-state index is 0.0327. The van der Waals surface area contributed by atoms with E-state index < -0.39 is 0 Å².